The van der Waals surface area contributed by atoms with Crippen LogP contribution in [-0.2, 0) is 16.0 Å². The third kappa shape index (κ3) is 10.2. The number of hydrogen-bond donors (Lipinski definition) is 2. The minimum absolute atomic E-state index is 0.360. The van der Waals surface area contributed by atoms with E-state index in [0.717, 1.165) is 31.6 Å². The SMILES string of the molecule is CCCCOCCOCCNC(=NCc1cccnc1Oc1cccc(F)c1)NCC. The van der Waals surface area contributed by atoms with Gasteiger partial charge < -0.3 is 24.8 Å². The zero-order valence-corrected chi connectivity index (χ0v) is 18.4. The molecule has 0 saturated carbocycles. The Labute approximate surface area is 184 Å². The van der Waals surface area contributed by atoms with Crippen LogP contribution in [0.2, 0.25) is 0 Å². The zero-order valence-electron chi connectivity index (χ0n) is 18.4. The summed E-state index contributed by atoms with van der Waals surface area (Å²) < 4.78 is 30.2. The third-order valence-corrected chi connectivity index (χ3v) is 4.17. The fourth-order valence-electron chi connectivity index (χ4n) is 2.59. The molecule has 0 aliphatic heterocycles. The van der Waals surface area contributed by atoms with Crippen molar-refractivity contribution in [2.45, 2.75) is 33.2 Å². The van der Waals surface area contributed by atoms with Crippen LogP contribution in [0.15, 0.2) is 47.6 Å². The van der Waals surface area contributed by atoms with Crippen LogP contribution in [0.1, 0.15) is 32.3 Å². The van der Waals surface area contributed by atoms with Crippen molar-refractivity contribution in [3.05, 3.63) is 54.0 Å². The van der Waals surface area contributed by atoms with Gasteiger partial charge >= 0.3 is 0 Å². The fourth-order valence-corrected chi connectivity index (χ4v) is 2.59. The Kier molecular flexibility index (Phi) is 12.0. The first-order chi connectivity index (χ1) is 15.2. The van der Waals surface area contributed by atoms with E-state index in [1.54, 1.807) is 18.3 Å². The molecule has 31 heavy (non-hydrogen) atoms. The molecule has 1 aromatic heterocycles. The molecule has 2 rings (SSSR count). The minimum atomic E-state index is -0.360. The molecule has 170 valence electrons. The monoisotopic (exact) mass is 432 g/mol. The number of unbranched alkanes of at least 4 members (excludes halogenated alkanes) is 1. The van der Waals surface area contributed by atoms with Crippen LogP contribution in [0.25, 0.3) is 0 Å². The molecule has 0 fully saturated rings. The van der Waals surface area contributed by atoms with Gasteiger partial charge in [-0.25, -0.2) is 14.4 Å². The van der Waals surface area contributed by atoms with Crippen molar-refractivity contribution < 1.29 is 18.6 Å². The molecule has 0 aliphatic rings. The molecule has 0 atom stereocenters. The lowest BCUT2D eigenvalue weighted by Crippen LogP contribution is -2.39. The number of benzene rings is 1. The second-order valence-electron chi connectivity index (χ2n) is 6.73. The smallest absolute Gasteiger partial charge is 0.224 e. The summed E-state index contributed by atoms with van der Waals surface area (Å²) in [6.45, 7) is 8.40. The number of rotatable bonds is 14. The molecular weight excluding hydrogens is 399 g/mol. The Morgan fingerprint density at radius 3 is 2.65 bits per heavy atom. The molecule has 0 aliphatic carbocycles. The Morgan fingerprint density at radius 1 is 1.03 bits per heavy atom. The molecule has 2 N–H and O–H groups in total. The molecule has 2 aromatic rings. The van der Waals surface area contributed by atoms with Crippen molar-refractivity contribution in [1.29, 1.82) is 0 Å². The summed E-state index contributed by atoms with van der Waals surface area (Å²) in [5, 5.41) is 6.44. The topological polar surface area (TPSA) is 77.0 Å². The normalized spacial score (nSPS) is 11.4. The molecule has 0 spiro atoms. The van der Waals surface area contributed by atoms with E-state index in [0.29, 0.717) is 50.5 Å². The number of pyridine rings is 1. The van der Waals surface area contributed by atoms with E-state index in [4.69, 9.17) is 14.2 Å². The van der Waals surface area contributed by atoms with E-state index >= 15 is 0 Å². The molecule has 0 saturated heterocycles. The van der Waals surface area contributed by atoms with Gasteiger partial charge in [-0.15, -0.1) is 0 Å². The van der Waals surface area contributed by atoms with Gasteiger partial charge in [0.15, 0.2) is 5.96 Å². The van der Waals surface area contributed by atoms with E-state index in [2.05, 4.69) is 27.5 Å². The summed E-state index contributed by atoms with van der Waals surface area (Å²) in [5.41, 5.74) is 0.796. The Bertz CT molecular complexity index is 789. The Morgan fingerprint density at radius 2 is 1.87 bits per heavy atom. The van der Waals surface area contributed by atoms with Gasteiger partial charge in [0.05, 0.1) is 26.4 Å². The maximum Gasteiger partial charge on any atom is 0.224 e. The highest BCUT2D eigenvalue weighted by molar-refractivity contribution is 5.79. The lowest BCUT2D eigenvalue weighted by molar-refractivity contribution is 0.0487. The average molecular weight is 433 g/mol. The van der Waals surface area contributed by atoms with E-state index in [9.17, 15) is 4.39 Å². The highest BCUT2D eigenvalue weighted by Crippen LogP contribution is 2.23. The van der Waals surface area contributed by atoms with Crippen LogP contribution in [0.5, 0.6) is 11.6 Å². The van der Waals surface area contributed by atoms with E-state index < -0.39 is 0 Å². The number of aliphatic imine (C=N–C) groups is 1. The Hall–Kier alpha value is -2.71. The molecule has 1 heterocycles. The number of guanidine groups is 1. The van der Waals surface area contributed by atoms with Crippen molar-refractivity contribution in [1.82, 2.24) is 15.6 Å². The average Bonchev–Trinajstić information content (AvgIpc) is 2.77. The lowest BCUT2D eigenvalue weighted by Gasteiger charge is -2.13. The number of nitrogens with one attached hydrogen (secondary N) is 2. The molecule has 1 aromatic carbocycles. The molecule has 0 bridgehead atoms. The number of nitrogens with zero attached hydrogens (tertiary/aromatic N) is 2. The van der Waals surface area contributed by atoms with Crippen molar-refractivity contribution >= 4 is 5.96 Å². The molecule has 0 radical (unpaired) electrons. The lowest BCUT2D eigenvalue weighted by atomic mass is 10.2. The Balaban J connectivity index is 1.82. The number of aromatic nitrogens is 1. The third-order valence-electron chi connectivity index (χ3n) is 4.17. The largest absolute Gasteiger partial charge is 0.439 e. The maximum absolute atomic E-state index is 13.4. The first-order valence-corrected chi connectivity index (χ1v) is 10.8. The van der Waals surface area contributed by atoms with Crippen molar-refractivity contribution in [3.63, 3.8) is 0 Å². The second kappa shape index (κ2) is 15.1. The highest BCUT2D eigenvalue weighted by Gasteiger charge is 2.07. The summed E-state index contributed by atoms with van der Waals surface area (Å²) in [6, 6.07) is 9.68. The van der Waals surface area contributed by atoms with Gasteiger partial charge in [0.2, 0.25) is 5.88 Å². The number of halogens is 1. The standard InChI is InChI=1S/C23H33FN4O3/c1-3-5-13-29-15-16-30-14-12-27-23(25-4-2)28-18-19-8-7-11-26-22(19)31-21-10-6-9-20(24)17-21/h6-11,17H,3-5,12-16,18H2,1-2H3,(H2,25,27,28). The zero-order chi connectivity index (χ0) is 22.2. The van der Waals surface area contributed by atoms with Gasteiger partial charge in [-0.2, -0.15) is 0 Å². The second-order valence-corrected chi connectivity index (χ2v) is 6.73. The van der Waals surface area contributed by atoms with Gasteiger partial charge in [-0.1, -0.05) is 25.5 Å². The summed E-state index contributed by atoms with van der Waals surface area (Å²) in [6.07, 6.45) is 3.85. The number of ether oxygens (including phenoxy) is 3. The molecular formula is C23H33FN4O3. The van der Waals surface area contributed by atoms with Gasteiger partial charge in [-0.05, 0) is 31.5 Å². The highest BCUT2D eigenvalue weighted by atomic mass is 19.1. The van der Waals surface area contributed by atoms with Crippen molar-refractivity contribution in [2.75, 3.05) is 39.5 Å². The summed E-state index contributed by atoms with van der Waals surface area (Å²) in [4.78, 5) is 8.85. The van der Waals surface area contributed by atoms with Gasteiger partial charge in [-0.3, -0.25) is 0 Å². The first kappa shape index (κ1) is 24.6. The van der Waals surface area contributed by atoms with Crippen LogP contribution in [-0.4, -0.2) is 50.5 Å². The van der Waals surface area contributed by atoms with Crippen molar-refractivity contribution in [2.24, 2.45) is 4.99 Å². The van der Waals surface area contributed by atoms with Crippen LogP contribution in [0, 0.1) is 5.82 Å². The van der Waals surface area contributed by atoms with E-state index in [-0.39, 0.29) is 5.82 Å². The van der Waals surface area contributed by atoms with Crippen LogP contribution < -0.4 is 15.4 Å². The van der Waals surface area contributed by atoms with Crippen LogP contribution >= 0.6 is 0 Å². The first-order valence-electron chi connectivity index (χ1n) is 10.8. The van der Waals surface area contributed by atoms with Gasteiger partial charge in [0, 0.05) is 37.5 Å². The number of hydrogen-bond acceptors (Lipinski definition) is 5. The predicted molar refractivity (Wildman–Crippen MR) is 120 cm³/mol. The summed E-state index contributed by atoms with van der Waals surface area (Å²) in [7, 11) is 0. The fraction of sp³-hybridized carbons (Fsp3) is 0.478. The predicted octanol–water partition coefficient (Wildman–Crippen LogP) is 3.90. The van der Waals surface area contributed by atoms with Gasteiger partial charge in [0.25, 0.3) is 0 Å². The van der Waals surface area contributed by atoms with E-state index in [1.165, 1.54) is 12.1 Å². The van der Waals surface area contributed by atoms with Gasteiger partial charge in [0.1, 0.15) is 11.6 Å². The molecule has 0 unspecified atom stereocenters. The summed E-state index contributed by atoms with van der Waals surface area (Å²) >= 11 is 0. The maximum atomic E-state index is 13.4. The quantitative estimate of drug-likeness (QED) is 0.268. The van der Waals surface area contributed by atoms with Crippen LogP contribution in [0.4, 0.5) is 4.39 Å². The molecule has 0 amide bonds. The minimum Gasteiger partial charge on any atom is -0.439 e. The van der Waals surface area contributed by atoms with E-state index in [1.807, 2.05) is 19.1 Å². The summed E-state index contributed by atoms with van der Waals surface area (Å²) in [5.74, 6) is 1.11. The van der Waals surface area contributed by atoms with Crippen LogP contribution in [0.3, 0.4) is 0 Å². The molecule has 7 nitrogen and oxygen atoms in total. The molecule has 8 heteroatoms. The van der Waals surface area contributed by atoms with Crippen molar-refractivity contribution in [3.8, 4) is 11.6 Å².